The summed E-state index contributed by atoms with van der Waals surface area (Å²) in [6.45, 7) is 4.99. The summed E-state index contributed by atoms with van der Waals surface area (Å²) in [7, 11) is 0. The number of rotatable bonds is 4. The number of nitrogens with zero attached hydrogens (tertiary/aromatic N) is 2. The zero-order chi connectivity index (χ0) is 15.4. The normalized spacial score (nSPS) is 17.9. The molecule has 0 bridgehead atoms. The van der Waals surface area contributed by atoms with Crippen molar-refractivity contribution in [2.45, 2.75) is 20.3 Å². The van der Waals surface area contributed by atoms with E-state index in [4.69, 9.17) is 5.26 Å². The van der Waals surface area contributed by atoms with E-state index in [1.807, 2.05) is 13.8 Å². The zero-order valence-corrected chi connectivity index (χ0v) is 12.3. The van der Waals surface area contributed by atoms with Crippen molar-refractivity contribution in [1.82, 2.24) is 5.32 Å². The highest BCUT2D eigenvalue weighted by Gasteiger charge is 2.35. The Labute approximate surface area is 124 Å². The summed E-state index contributed by atoms with van der Waals surface area (Å²) < 4.78 is 0. The first-order chi connectivity index (χ1) is 10.0. The van der Waals surface area contributed by atoms with Gasteiger partial charge >= 0.3 is 0 Å². The minimum absolute atomic E-state index is 0.0889. The topological polar surface area (TPSA) is 73.2 Å². The van der Waals surface area contributed by atoms with Crippen molar-refractivity contribution in [1.29, 1.82) is 5.26 Å². The fourth-order valence-electron chi connectivity index (χ4n) is 2.37. The van der Waals surface area contributed by atoms with Crippen molar-refractivity contribution in [3.63, 3.8) is 0 Å². The molecule has 0 aliphatic carbocycles. The Bertz CT molecular complexity index is 589. The van der Waals surface area contributed by atoms with Gasteiger partial charge in [0.1, 0.15) is 6.07 Å². The second-order valence-corrected chi connectivity index (χ2v) is 5.67. The lowest BCUT2D eigenvalue weighted by molar-refractivity contribution is -0.126. The van der Waals surface area contributed by atoms with Crippen LogP contribution in [0, 0.1) is 23.2 Å². The van der Waals surface area contributed by atoms with Crippen molar-refractivity contribution in [3.8, 4) is 6.07 Å². The van der Waals surface area contributed by atoms with Crippen LogP contribution < -0.4 is 10.2 Å². The molecule has 1 unspecified atom stereocenters. The Morgan fingerprint density at radius 3 is 2.86 bits per heavy atom. The van der Waals surface area contributed by atoms with Gasteiger partial charge in [-0.1, -0.05) is 26.0 Å². The maximum Gasteiger partial charge on any atom is 0.227 e. The average Bonchev–Trinajstić information content (AvgIpc) is 2.86. The van der Waals surface area contributed by atoms with Gasteiger partial charge in [-0.3, -0.25) is 9.59 Å². The predicted octanol–water partition coefficient (Wildman–Crippen LogP) is 1.68. The Morgan fingerprint density at radius 2 is 2.19 bits per heavy atom. The van der Waals surface area contributed by atoms with Crippen molar-refractivity contribution >= 4 is 17.5 Å². The summed E-state index contributed by atoms with van der Waals surface area (Å²) >= 11 is 0. The molecule has 1 saturated heterocycles. The Balaban J connectivity index is 2.10. The van der Waals surface area contributed by atoms with Gasteiger partial charge in [-0.05, 0) is 18.1 Å². The van der Waals surface area contributed by atoms with Crippen LogP contribution in [0.15, 0.2) is 24.3 Å². The highest BCUT2D eigenvalue weighted by molar-refractivity contribution is 6.01. The third-order valence-electron chi connectivity index (χ3n) is 3.50. The summed E-state index contributed by atoms with van der Waals surface area (Å²) in [6, 6.07) is 9.05. The second kappa shape index (κ2) is 6.40. The molecule has 1 N–H and O–H groups in total. The summed E-state index contributed by atoms with van der Waals surface area (Å²) in [5.74, 6) is -0.166. The van der Waals surface area contributed by atoms with E-state index in [0.717, 1.165) is 0 Å². The van der Waals surface area contributed by atoms with Crippen LogP contribution in [0.3, 0.4) is 0 Å². The summed E-state index contributed by atoms with van der Waals surface area (Å²) in [4.78, 5) is 25.7. The lowest BCUT2D eigenvalue weighted by atomic mass is 10.1. The largest absolute Gasteiger partial charge is 0.356 e. The van der Waals surface area contributed by atoms with Gasteiger partial charge < -0.3 is 10.2 Å². The van der Waals surface area contributed by atoms with Crippen LogP contribution in [0.5, 0.6) is 0 Å². The lowest BCUT2D eigenvalue weighted by Crippen LogP contribution is -2.35. The molecule has 1 fully saturated rings. The van der Waals surface area contributed by atoms with E-state index in [9.17, 15) is 9.59 Å². The van der Waals surface area contributed by atoms with Crippen molar-refractivity contribution in [3.05, 3.63) is 29.8 Å². The standard InChI is InChI=1S/C16H19N3O2/c1-11(2)9-18-16(21)13-7-15(20)19(10-13)14-6-4-3-5-12(14)8-17/h3-6,11,13H,7,9-10H2,1-2H3,(H,18,21). The summed E-state index contributed by atoms with van der Waals surface area (Å²) in [5, 5.41) is 12.0. The molecule has 0 aromatic heterocycles. The molecule has 2 rings (SSSR count). The summed E-state index contributed by atoms with van der Waals surface area (Å²) in [5.41, 5.74) is 1.04. The third-order valence-corrected chi connectivity index (χ3v) is 3.50. The van der Waals surface area contributed by atoms with E-state index in [2.05, 4.69) is 11.4 Å². The van der Waals surface area contributed by atoms with Crippen LogP contribution in [-0.2, 0) is 9.59 Å². The molecule has 21 heavy (non-hydrogen) atoms. The minimum Gasteiger partial charge on any atom is -0.356 e. The van der Waals surface area contributed by atoms with Crippen molar-refractivity contribution < 1.29 is 9.59 Å². The maximum atomic E-state index is 12.1. The van der Waals surface area contributed by atoms with E-state index in [1.165, 1.54) is 4.90 Å². The molecule has 0 spiro atoms. The first-order valence-electron chi connectivity index (χ1n) is 7.10. The fourth-order valence-corrected chi connectivity index (χ4v) is 2.37. The van der Waals surface area contributed by atoms with Gasteiger partial charge in [0.2, 0.25) is 11.8 Å². The van der Waals surface area contributed by atoms with E-state index >= 15 is 0 Å². The molecule has 0 radical (unpaired) electrons. The number of hydrogen-bond donors (Lipinski definition) is 1. The average molecular weight is 285 g/mol. The van der Waals surface area contributed by atoms with Gasteiger partial charge in [-0.2, -0.15) is 5.26 Å². The molecular formula is C16H19N3O2. The molecule has 5 heteroatoms. The van der Waals surface area contributed by atoms with E-state index in [0.29, 0.717) is 30.3 Å². The zero-order valence-electron chi connectivity index (χ0n) is 12.3. The molecule has 2 amide bonds. The highest BCUT2D eigenvalue weighted by Crippen LogP contribution is 2.27. The van der Waals surface area contributed by atoms with Crippen LogP contribution in [0.25, 0.3) is 0 Å². The molecular weight excluding hydrogens is 266 g/mol. The van der Waals surface area contributed by atoms with Gasteiger partial charge in [-0.15, -0.1) is 0 Å². The quantitative estimate of drug-likeness (QED) is 0.914. The predicted molar refractivity (Wildman–Crippen MR) is 79.5 cm³/mol. The van der Waals surface area contributed by atoms with Gasteiger partial charge in [0.25, 0.3) is 0 Å². The highest BCUT2D eigenvalue weighted by atomic mass is 16.2. The van der Waals surface area contributed by atoms with Crippen LogP contribution in [0.1, 0.15) is 25.8 Å². The van der Waals surface area contributed by atoms with Crippen LogP contribution in [0.2, 0.25) is 0 Å². The molecule has 1 atom stereocenters. The molecule has 1 aromatic carbocycles. The van der Waals surface area contributed by atoms with E-state index in [-0.39, 0.29) is 24.2 Å². The van der Waals surface area contributed by atoms with Crippen molar-refractivity contribution in [2.75, 3.05) is 18.0 Å². The van der Waals surface area contributed by atoms with Gasteiger partial charge in [0, 0.05) is 19.5 Å². The monoisotopic (exact) mass is 285 g/mol. The summed E-state index contributed by atoms with van der Waals surface area (Å²) in [6.07, 6.45) is 0.198. The van der Waals surface area contributed by atoms with E-state index in [1.54, 1.807) is 24.3 Å². The van der Waals surface area contributed by atoms with Gasteiger partial charge in [0.05, 0.1) is 17.2 Å². The first kappa shape index (κ1) is 15.0. The molecule has 1 aromatic rings. The smallest absolute Gasteiger partial charge is 0.227 e. The van der Waals surface area contributed by atoms with Crippen LogP contribution >= 0.6 is 0 Å². The number of para-hydroxylation sites is 1. The number of benzene rings is 1. The second-order valence-electron chi connectivity index (χ2n) is 5.67. The lowest BCUT2D eigenvalue weighted by Gasteiger charge is -2.18. The van der Waals surface area contributed by atoms with Crippen molar-refractivity contribution in [2.24, 2.45) is 11.8 Å². The molecule has 0 saturated carbocycles. The fraction of sp³-hybridized carbons (Fsp3) is 0.438. The third kappa shape index (κ3) is 3.40. The molecule has 110 valence electrons. The number of nitriles is 1. The number of carbonyl (C=O) groups excluding carboxylic acids is 2. The number of nitrogens with one attached hydrogen (secondary N) is 1. The molecule has 1 aliphatic heterocycles. The Kier molecular flexibility index (Phi) is 4.59. The molecule has 1 aliphatic rings. The number of anilines is 1. The molecule has 1 heterocycles. The Hall–Kier alpha value is -2.35. The van der Waals surface area contributed by atoms with Crippen LogP contribution in [0.4, 0.5) is 5.69 Å². The Morgan fingerprint density at radius 1 is 1.48 bits per heavy atom. The minimum atomic E-state index is -0.344. The van der Waals surface area contributed by atoms with Crippen LogP contribution in [-0.4, -0.2) is 24.9 Å². The SMILES string of the molecule is CC(C)CNC(=O)C1CC(=O)N(c2ccccc2C#N)C1. The number of carbonyl (C=O) groups is 2. The van der Waals surface area contributed by atoms with E-state index < -0.39 is 0 Å². The first-order valence-corrected chi connectivity index (χ1v) is 7.10. The van der Waals surface area contributed by atoms with Gasteiger partial charge in [0.15, 0.2) is 0 Å². The number of amides is 2. The number of hydrogen-bond acceptors (Lipinski definition) is 3. The maximum absolute atomic E-state index is 12.1. The van der Waals surface area contributed by atoms with Gasteiger partial charge in [-0.25, -0.2) is 0 Å². The molecule has 5 nitrogen and oxygen atoms in total.